The van der Waals surface area contributed by atoms with Crippen molar-refractivity contribution in [2.75, 3.05) is 6.54 Å². The second kappa shape index (κ2) is 4.78. The molecule has 98 valence electrons. The van der Waals surface area contributed by atoms with Crippen molar-refractivity contribution in [2.24, 2.45) is 0 Å². The van der Waals surface area contributed by atoms with Crippen LogP contribution in [0.2, 0.25) is 0 Å². The van der Waals surface area contributed by atoms with Crippen LogP contribution in [-0.2, 0) is 6.42 Å². The SMILES string of the molecule is CC1c2ccsc2CCN1C(=O)c1cccc(F)c1. The van der Waals surface area contributed by atoms with Crippen LogP contribution in [0.4, 0.5) is 4.39 Å². The summed E-state index contributed by atoms with van der Waals surface area (Å²) in [4.78, 5) is 15.6. The number of halogens is 1. The third kappa shape index (κ3) is 2.16. The van der Waals surface area contributed by atoms with Crippen LogP contribution in [-0.4, -0.2) is 17.4 Å². The molecular weight excluding hydrogens is 261 g/mol. The average molecular weight is 275 g/mol. The number of rotatable bonds is 1. The van der Waals surface area contributed by atoms with E-state index in [2.05, 4.69) is 11.4 Å². The maximum atomic E-state index is 13.2. The zero-order valence-corrected chi connectivity index (χ0v) is 11.4. The van der Waals surface area contributed by atoms with Gasteiger partial charge in [-0.15, -0.1) is 11.3 Å². The Morgan fingerprint density at radius 3 is 3.05 bits per heavy atom. The van der Waals surface area contributed by atoms with Gasteiger partial charge in [-0.05, 0) is 48.6 Å². The summed E-state index contributed by atoms with van der Waals surface area (Å²) in [5.41, 5.74) is 1.64. The van der Waals surface area contributed by atoms with Crippen molar-refractivity contribution < 1.29 is 9.18 Å². The molecule has 1 aromatic carbocycles. The van der Waals surface area contributed by atoms with Crippen LogP contribution in [0.15, 0.2) is 35.7 Å². The number of benzene rings is 1. The molecule has 0 saturated heterocycles. The minimum Gasteiger partial charge on any atom is -0.331 e. The van der Waals surface area contributed by atoms with Crippen LogP contribution < -0.4 is 0 Å². The average Bonchev–Trinajstić information content (AvgIpc) is 2.88. The molecule has 0 saturated carbocycles. The first-order valence-electron chi connectivity index (χ1n) is 6.29. The molecule has 1 atom stereocenters. The minimum atomic E-state index is -0.369. The van der Waals surface area contributed by atoms with Gasteiger partial charge in [0.25, 0.3) is 5.91 Å². The number of nitrogens with zero attached hydrogens (tertiary/aromatic N) is 1. The summed E-state index contributed by atoms with van der Waals surface area (Å²) in [7, 11) is 0. The van der Waals surface area contributed by atoms with Gasteiger partial charge in [-0.25, -0.2) is 4.39 Å². The monoisotopic (exact) mass is 275 g/mol. The van der Waals surface area contributed by atoms with Crippen molar-refractivity contribution in [1.82, 2.24) is 4.90 Å². The maximum absolute atomic E-state index is 13.2. The van der Waals surface area contributed by atoms with Gasteiger partial charge in [0, 0.05) is 17.0 Å². The zero-order valence-electron chi connectivity index (χ0n) is 10.6. The molecule has 0 aliphatic carbocycles. The van der Waals surface area contributed by atoms with Crippen molar-refractivity contribution in [3.05, 3.63) is 57.5 Å². The van der Waals surface area contributed by atoms with E-state index in [1.54, 1.807) is 23.5 Å². The number of carbonyl (C=O) groups is 1. The Bertz CT molecular complexity index is 622. The molecule has 0 radical (unpaired) electrons. The Morgan fingerprint density at radius 1 is 1.42 bits per heavy atom. The third-order valence-electron chi connectivity index (χ3n) is 3.61. The van der Waals surface area contributed by atoms with Crippen molar-refractivity contribution in [3.8, 4) is 0 Å². The van der Waals surface area contributed by atoms with E-state index in [1.807, 2.05) is 11.8 Å². The van der Waals surface area contributed by atoms with E-state index in [4.69, 9.17) is 0 Å². The van der Waals surface area contributed by atoms with Gasteiger partial charge in [-0.1, -0.05) is 6.07 Å². The van der Waals surface area contributed by atoms with Crippen LogP contribution >= 0.6 is 11.3 Å². The predicted molar refractivity (Wildman–Crippen MR) is 73.9 cm³/mol. The van der Waals surface area contributed by atoms with Crippen LogP contribution in [0, 0.1) is 5.82 Å². The second-order valence-corrected chi connectivity index (χ2v) is 5.73. The molecule has 0 spiro atoms. The highest BCUT2D eigenvalue weighted by Gasteiger charge is 2.28. The lowest BCUT2D eigenvalue weighted by Crippen LogP contribution is -2.38. The Kier molecular flexibility index (Phi) is 3.11. The number of hydrogen-bond acceptors (Lipinski definition) is 2. The van der Waals surface area contributed by atoms with E-state index in [9.17, 15) is 9.18 Å². The molecule has 0 N–H and O–H groups in total. The lowest BCUT2D eigenvalue weighted by Gasteiger charge is -2.33. The number of thiophene rings is 1. The second-order valence-electron chi connectivity index (χ2n) is 4.73. The van der Waals surface area contributed by atoms with Crippen LogP contribution in [0.5, 0.6) is 0 Å². The Balaban J connectivity index is 1.90. The molecule has 0 bridgehead atoms. The first kappa shape index (κ1) is 12.4. The van der Waals surface area contributed by atoms with E-state index in [0.717, 1.165) is 6.42 Å². The summed E-state index contributed by atoms with van der Waals surface area (Å²) >= 11 is 1.74. The Labute approximate surface area is 115 Å². The molecule has 1 amide bonds. The van der Waals surface area contributed by atoms with Crippen LogP contribution in [0.25, 0.3) is 0 Å². The van der Waals surface area contributed by atoms with Gasteiger partial charge in [0.05, 0.1) is 6.04 Å². The summed E-state index contributed by atoms with van der Waals surface area (Å²) in [6.45, 7) is 2.73. The molecule has 3 rings (SSSR count). The number of carbonyl (C=O) groups excluding carboxylic acids is 1. The summed E-state index contributed by atoms with van der Waals surface area (Å²) in [5.74, 6) is -0.462. The molecule has 2 heterocycles. The molecular formula is C15H14FNOS. The van der Waals surface area contributed by atoms with Gasteiger partial charge in [0.1, 0.15) is 5.82 Å². The number of hydrogen-bond donors (Lipinski definition) is 0. The summed E-state index contributed by atoms with van der Waals surface area (Å²) in [5, 5.41) is 2.07. The normalized spacial score (nSPS) is 18.2. The minimum absolute atomic E-state index is 0.0609. The quantitative estimate of drug-likeness (QED) is 0.778. The molecule has 1 aliphatic heterocycles. The molecule has 19 heavy (non-hydrogen) atoms. The van der Waals surface area contributed by atoms with Gasteiger partial charge in [-0.2, -0.15) is 0 Å². The fraction of sp³-hybridized carbons (Fsp3) is 0.267. The Hall–Kier alpha value is -1.68. The van der Waals surface area contributed by atoms with Crippen LogP contribution in [0.1, 0.15) is 33.8 Å². The molecule has 1 aliphatic rings. The van der Waals surface area contributed by atoms with Gasteiger partial charge < -0.3 is 4.90 Å². The summed E-state index contributed by atoms with van der Waals surface area (Å²) < 4.78 is 13.2. The van der Waals surface area contributed by atoms with E-state index >= 15 is 0 Å². The lowest BCUT2D eigenvalue weighted by molar-refractivity contribution is 0.0679. The first-order chi connectivity index (χ1) is 9.16. The van der Waals surface area contributed by atoms with Gasteiger partial charge >= 0.3 is 0 Å². The smallest absolute Gasteiger partial charge is 0.254 e. The lowest BCUT2D eigenvalue weighted by atomic mass is 10.0. The largest absolute Gasteiger partial charge is 0.331 e. The molecule has 2 aromatic rings. The van der Waals surface area contributed by atoms with E-state index < -0.39 is 0 Å². The molecule has 4 heteroatoms. The highest BCUT2D eigenvalue weighted by Crippen LogP contribution is 2.33. The van der Waals surface area contributed by atoms with Crippen molar-refractivity contribution in [2.45, 2.75) is 19.4 Å². The van der Waals surface area contributed by atoms with Crippen molar-refractivity contribution in [3.63, 3.8) is 0 Å². The fourth-order valence-electron chi connectivity index (χ4n) is 2.57. The number of amides is 1. The molecule has 1 aromatic heterocycles. The standard InChI is InChI=1S/C15H14FNOS/c1-10-13-6-8-19-14(13)5-7-17(10)15(18)11-3-2-4-12(16)9-11/h2-4,6,8-10H,5,7H2,1H3. The predicted octanol–water partition coefficient (Wildman–Crippen LogP) is 3.65. The first-order valence-corrected chi connectivity index (χ1v) is 7.17. The molecule has 1 unspecified atom stereocenters. The molecule has 2 nitrogen and oxygen atoms in total. The zero-order chi connectivity index (χ0) is 13.4. The maximum Gasteiger partial charge on any atom is 0.254 e. The highest BCUT2D eigenvalue weighted by atomic mass is 32.1. The van der Waals surface area contributed by atoms with E-state index in [0.29, 0.717) is 12.1 Å². The molecule has 0 fully saturated rings. The summed E-state index contributed by atoms with van der Waals surface area (Å²) in [6.07, 6.45) is 0.887. The van der Waals surface area contributed by atoms with Crippen LogP contribution in [0.3, 0.4) is 0 Å². The highest BCUT2D eigenvalue weighted by molar-refractivity contribution is 7.10. The Morgan fingerprint density at radius 2 is 2.26 bits per heavy atom. The third-order valence-corrected chi connectivity index (χ3v) is 4.61. The van der Waals surface area contributed by atoms with Gasteiger partial charge in [0.2, 0.25) is 0 Å². The summed E-state index contributed by atoms with van der Waals surface area (Å²) in [6, 6.07) is 8.04. The van der Waals surface area contributed by atoms with Crippen molar-refractivity contribution >= 4 is 17.2 Å². The number of fused-ring (bicyclic) bond motifs is 1. The van der Waals surface area contributed by atoms with Gasteiger partial charge in [-0.3, -0.25) is 4.79 Å². The van der Waals surface area contributed by atoms with E-state index in [1.165, 1.54) is 22.6 Å². The van der Waals surface area contributed by atoms with Gasteiger partial charge in [0.15, 0.2) is 0 Å². The topological polar surface area (TPSA) is 20.3 Å². The fourth-order valence-corrected chi connectivity index (χ4v) is 3.54. The van der Waals surface area contributed by atoms with E-state index in [-0.39, 0.29) is 17.8 Å². The van der Waals surface area contributed by atoms with Crippen molar-refractivity contribution in [1.29, 1.82) is 0 Å².